The van der Waals surface area contributed by atoms with E-state index in [1.54, 1.807) is 0 Å². The van der Waals surface area contributed by atoms with E-state index in [1.165, 1.54) is 6.92 Å². The molecule has 0 heterocycles. The number of carbonyl (C=O) groups is 1. The van der Waals surface area contributed by atoms with Crippen LogP contribution in [0.25, 0.3) is 0 Å². The molecule has 2 amide bonds. The predicted octanol–water partition coefficient (Wildman–Crippen LogP) is 3.27. The van der Waals surface area contributed by atoms with E-state index in [2.05, 4.69) is 10.6 Å². The topological polar surface area (TPSA) is 61.4 Å². The number of benzene rings is 2. The van der Waals surface area contributed by atoms with Gasteiger partial charge in [-0.25, -0.2) is 22.4 Å². The number of anilines is 1. The first kappa shape index (κ1) is 17.7. The van der Waals surface area contributed by atoms with Gasteiger partial charge in [0.25, 0.3) is 0 Å². The van der Waals surface area contributed by atoms with Gasteiger partial charge < -0.3 is 15.7 Å². The first-order chi connectivity index (χ1) is 11.2. The van der Waals surface area contributed by atoms with Crippen molar-refractivity contribution in [2.75, 3.05) is 11.9 Å². The van der Waals surface area contributed by atoms with E-state index >= 15 is 0 Å². The lowest BCUT2D eigenvalue weighted by Crippen LogP contribution is -2.41. The molecule has 0 aromatic heterocycles. The average molecular weight is 342 g/mol. The largest absolute Gasteiger partial charge is 0.383 e. The van der Waals surface area contributed by atoms with Gasteiger partial charge in [0.05, 0.1) is 12.2 Å². The van der Waals surface area contributed by atoms with Crippen molar-refractivity contribution < 1.29 is 27.5 Å². The highest BCUT2D eigenvalue weighted by atomic mass is 19.1. The summed E-state index contributed by atoms with van der Waals surface area (Å²) in [5.41, 5.74) is -2.45. The molecule has 0 aliphatic rings. The molecule has 0 aliphatic heterocycles. The fourth-order valence-corrected chi connectivity index (χ4v) is 2.03. The van der Waals surface area contributed by atoms with Crippen LogP contribution in [0, 0.1) is 23.3 Å². The van der Waals surface area contributed by atoms with E-state index in [0.717, 1.165) is 30.3 Å². The Morgan fingerprint density at radius 2 is 1.67 bits per heavy atom. The third kappa shape index (κ3) is 4.23. The molecule has 3 N–H and O–H groups in total. The zero-order chi connectivity index (χ0) is 17.9. The maximum absolute atomic E-state index is 13.7. The van der Waals surface area contributed by atoms with Crippen LogP contribution < -0.4 is 10.6 Å². The molecule has 0 saturated heterocycles. The Hall–Kier alpha value is -2.61. The summed E-state index contributed by atoms with van der Waals surface area (Å²) in [5, 5.41) is 14.5. The molecule has 2 aromatic rings. The van der Waals surface area contributed by atoms with Crippen LogP contribution in [-0.4, -0.2) is 17.7 Å². The Morgan fingerprint density at radius 3 is 2.33 bits per heavy atom. The van der Waals surface area contributed by atoms with Crippen molar-refractivity contribution in [1.29, 1.82) is 0 Å². The van der Waals surface area contributed by atoms with Crippen LogP contribution in [0.1, 0.15) is 12.5 Å². The standard InChI is InChI=1S/C16H14F4N2O2/c1-16(24,11-4-2-9(17)6-13(11)20)8-21-15(23)22-14-7-10(18)3-5-12(14)19/h2-7,24H,8H2,1H3,(H2,21,22,23). The van der Waals surface area contributed by atoms with Gasteiger partial charge >= 0.3 is 6.03 Å². The second-order valence-electron chi connectivity index (χ2n) is 5.33. The van der Waals surface area contributed by atoms with Gasteiger partial charge in [0.1, 0.15) is 28.9 Å². The Balaban J connectivity index is 2.03. The highest BCUT2D eigenvalue weighted by molar-refractivity contribution is 5.89. The zero-order valence-corrected chi connectivity index (χ0v) is 12.5. The molecule has 0 spiro atoms. The average Bonchev–Trinajstić information content (AvgIpc) is 2.49. The van der Waals surface area contributed by atoms with E-state index in [1.807, 2.05) is 0 Å². The van der Waals surface area contributed by atoms with Gasteiger partial charge in [0, 0.05) is 17.7 Å². The van der Waals surface area contributed by atoms with E-state index in [4.69, 9.17) is 0 Å². The van der Waals surface area contributed by atoms with Crippen LogP contribution in [0.3, 0.4) is 0 Å². The summed E-state index contributed by atoms with van der Waals surface area (Å²) >= 11 is 0. The van der Waals surface area contributed by atoms with Crippen LogP contribution in [-0.2, 0) is 5.60 Å². The number of hydrogen-bond acceptors (Lipinski definition) is 2. The molecule has 2 aromatic carbocycles. The molecule has 4 nitrogen and oxygen atoms in total. The summed E-state index contributed by atoms with van der Waals surface area (Å²) in [6, 6.07) is 4.21. The molecular weight excluding hydrogens is 328 g/mol. The van der Waals surface area contributed by atoms with Crippen LogP contribution in [0.5, 0.6) is 0 Å². The zero-order valence-electron chi connectivity index (χ0n) is 12.5. The van der Waals surface area contributed by atoms with Crippen LogP contribution >= 0.6 is 0 Å². The van der Waals surface area contributed by atoms with Crippen molar-refractivity contribution >= 4 is 11.7 Å². The fourth-order valence-electron chi connectivity index (χ4n) is 2.03. The lowest BCUT2D eigenvalue weighted by atomic mass is 9.95. The second-order valence-corrected chi connectivity index (χ2v) is 5.33. The summed E-state index contributed by atoms with van der Waals surface area (Å²) in [4.78, 5) is 11.7. The summed E-state index contributed by atoms with van der Waals surface area (Å²) in [6.45, 7) is 0.769. The fraction of sp³-hybridized carbons (Fsp3) is 0.188. The predicted molar refractivity (Wildman–Crippen MR) is 79.3 cm³/mol. The van der Waals surface area contributed by atoms with Crippen LogP contribution in [0.4, 0.5) is 28.0 Å². The number of rotatable bonds is 4. The number of urea groups is 1. The third-order valence-electron chi connectivity index (χ3n) is 3.28. The molecular formula is C16H14F4N2O2. The number of aliphatic hydroxyl groups is 1. The molecule has 0 saturated carbocycles. The molecule has 2 rings (SSSR count). The maximum atomic E-state index is 13.7. The van der Waals surface area contributed by atoms with Gasteiger partial charge in [-0.2, -0.15) is 0 Å². The van der Waals surface area contributed by atoms with Gasteiger partial charge in [-0.15, -0.1) is 0 Å². The van der Waals surface area contributed by atoms with E-state index in [0.29, 0.717) is 6.07 Å². The molecule has 8 heteroatoms. The smallest absolute Gasteiger partial charge is 0.319 e. The summed E-state index contributed by atoms with van der Waals surface area (Å²) in [7, 11) is 0. The lowest BCUT2D eigenvalue weighted by molar-refractivity contribution is 0.0561. The van der Waals surface area contributed by atoms with Crippen molar-refractivity contribution in [3.05, 3.63) is 65.2 Å². The number of amides is 2. The molecule has 1 unspecified atom stereocenters. The first-order valence-electron chi connectivity index (χ1n) is 6.87. The molecule has 0 fully saturated rings. The molecule has 128 valence electrons. The SMILES string of the molecule is CC(O)(CNC(=O)Nc1cc(F)ccc1F)c1ccc(F)cc1F. The van der Waals surface area contributed by atoms with Gasteiger partial charge in [0.2, 0.25) is 0 Å². The Kier molecular flexibility index (Phi) is 5.08. The van der Waals surface area contributed by atoms with Crippen LogP contribution in [0.2, 0.25) is 0 Å². The highest BCUT2D eigenvalue weighted by Crippen LogP contribution is 2.23. The summed E-state index contributed by atoms with van der Waals surface area (Å²) in [6.07, 6.45) is 0. The molecule has 0 aliphatic carbocycles. The minimum Gasteiger partial charge on any atom is -0.383 e. The summed E-state index contributed by atoms with van der Waals surface area (Å²) in [5.74, 6) is -3.37. The Bertz CT molecular complexity index is 766. The minimum absolute atomic E-state index is 0.221. The summed E-state index contributed by atoms with van der Waals surface area (Å²) < 4.78 is 53.0. The highest BCUT2D eigenvalue weighted by Gasteiger charge is 2.27. The van der Waals surface area contributed by atoms with Crippen molar-refractivity contribution in [3.63, 3.8) is 0 Å². The Labute approximate surface area is 135 Å². The molecule has 0 radical (unpaired) electrons. The maximum Gasteiger partial charge on any atom is 0.319 e. The quantitative estimate of drug-likeness (QED) is 0.747. The number of nitrogens with one attached hydrogen (secondary N) is 2. The van der Waals surface area contributed by atoms with Crippen molar-refractivity contribution in [1.82, 2.24) is 5.32 Å². The van der Waals surface area contributed by atoms with Gasteiger partial charge in [0.15, 0.2) is 0 Å². The second kappa shape index (κ2) is 6.88. The molecule has 0 bridgehead atoms. The number of hydrogen-bond donors (Lipinski definition) is 3. The molecule has 24 heavy (non-hydrogen) atoms. The minimum atomic E-state index is -1.84. The molecule has 1 atom stereocenters. The lowest BCUT2D eigenvalue weighted by Gasteiger charge is -2.24. The Morgan fingerprint density at radius 1 is 1.04 bits per heavy atom. The van der Waals surface area contributed by atoms with Crippen LogP contribution in [0.15, 0.2) is 36.4 Å². The first-order valence-corrected chi connectivity index (χ1v) is 6.87. The van der Waals surface area contributed by atoms with Crippen molar-refractivity contribution in [2.24, 2.45) is 0 Å². The van der Waals surface area contributed by atoms with Crippen molar-refractivity contribution in [2.45, 2.75) is 12.5 Å². The monoisotopic (exact) mass is 342 g/mol. The number of carbonyl (C=O) groups excluding carboxylic acids is 1. The van der Waals surface area contributed by atoms with E-state index in [9.17, 15) is 27.5 Å². The van der Waals surface area contributed by atoms with E-state index in [-0.39, 0.29) is 11.3 Å². The number of halogens is 4. The third-order valence-corrected chi connectivity index (χ3v) is 3.28. The van der Waals surface area contributed by atoms with Gasteiger partial charge in [-0.3, -0.25) is 0 Å². The van der Waals surface area contributed by atoms with Gasteiger partial charge in [-0.1, -0.05) is 6.07 Å². The van der Waals surface area contributed by atoms with Crippen molar-refractivity contribution in [3.8, 4) is 0 Å². The van der Waals surface area contributed by atoms with E-state index < -0.39 is 41.4 Å². The van der Waals surface area contributed by atoms with Gasteiger partial charge in [-0.05, 0) is 25.1 Å². The normalized spacial score (nSPS) is 13.2.